The number of benzene rings is 4. The number of hydrogen-bond acceptors (Lipinski definition) is 12. The highest BCUT2D eigenvalue weighted by atomic mass is 32.2. The first-order valence-corrected chi connectivity index (χ1v) is 17.7. The van der Waals surface area contributed by atoms with Crippen LogP contribution in [-0.4, -0.2) is 65.3 Å². The summed E-state index contributed by atoms with van der Waals surface area (Å²) in [6.45, 7) is 0.0881. The summed E-state index contributed by atoms with van der Waals surface area (Å²) in [7, 11) is 3.49. The highest BCUT2D eigenvalue weighted by molar-refractivity contribution is 8.00. The van der Waals surface area contributed by atoms with Gasteiger partial charge in [-0.2, -0.15) is 0 Å². The number of nitrogens with zero attached hydrogens (tertiary/aromatic N) is 2. The highest BCUT2D eigenvalue weighted by Gasteiger charge is 2.26. The number of imidazole rings is 1. The standard InChI is InChI=1S/C36H34N2O10S2/c1-42-23-20-27(43-2)31-28(21-23)48-33(22-18-29(44-3)34(46-5)30(19-22)45-4)35(32(31)39)47-16-11-17-49-36-37-25-14-9-10-15-26(25)38(36)50(40,41)24-12-7-6-8-13-24/h6-10,12-15,18-21H,11,16-17H2,1-5H3. The van der Waals surface area contributed by atoms with Crippen LogP contribution < -0.4 is 33.8 Å². The van der Waals surface area contributed by atoms with Gasteiger partial charge in [0.25, 0.3) is 10.0 Å². The molecule has 14 heteroatoms. The second kappa shape index (κ2) is 14.6. The Morgan fingerprint density at radius 2 is 1.46 bits per heavy atom. The summed E-state index contributed by atoms with van der Waals surface area (Å²) in [5, 5.41) is 0.491. The first-order valence-electron chi connectivity index (χ1n) is 15.3. The number of para-hydroxylation sites is 2. The van der Waals surface area contributed by atoms with Crippen LogP contribution in [0, 0.1) is 0 Å². The van der Waals surface area contributed by atoms with Crippen LogP contribution in [0.1, 0.15) is 6.42 Å². The van der Waals surface area contributed by atoms with E-state index in [4.69, 9.17) is 32.8 Å². The molecule has 0 spiro atoms. The molecule has 2 aromatic heterocycles. The number of hydrogen-bond donors (Lipinski definition) is 0. The molecular formula is C36H34N2O10S2. The molecule has 0 N–H and O–H groups in total. The zero-order valence-electron chi connectivity index (χ0n) is 27.9. The minimum absolute atomic E-state index is 0.0564. The molecule has 0 fully saturated rings. The molecule has 260 valence electrons. The third-order valence-electron chi connectivity index (χ3n) is 7.81. The third kappa shape index (κ3) is 6.39. The Morgan fingerprint density at radius 1 is 0.780 bits per heavy atom. The third-order valence-corrected chi connectivity index (χ3v) is 10.7. The maximum Gasteiger partial charge on any atom is 0.270 e. The maximum atomic E-state index is 14.1. The van der Waals surface area contributed by atoms with E-state index < -0.39 is 15.5 Å². The van der Waals surface area contributed by atoms with E-state index in [9.17, 15) is 13.2 Å². The largest absolute Gasteiger partial charge is 0.496 e. The summed E-state index contributed by atoms with van der Waals surface area (Å²) in [6, 6.07) is 21.8. The molecule has 2 heterocycles. The van der Waals surface area contributed by atoms with Crippen molar-refractivity contribution in [3.8, 4) is 45.8 Å². The van der Waals surface area contributed by atoms with Gasteiger partial charge in [-0.15, -0.1) is 0 Å². The summed E-state index contributed by atoms with van der Waals surface area (Å²) in [6.07, 6.45) is 0.422. The summed E-state index contributed by atoms with van der Waals surface area (Å²) in [4.78, 5) is 18.9. The lowest BCUT2D eigenvalue weighted by Crippen LogP contribution is -2.14. The van der Waals surface area contributed by atoms with Gasteiger partial charge in [0.1, 0.15) is 22.5 Å². The van der Waals surface area contributed by atoms with Crippen LogP contribution >= 0.6 is 11.8 Å². The molecule has 12 nitrogen and oxygen atoms in total. The zero-order valence-corrected chi connectivity index (χ0v) is 29.6. The van der Waals surface area contributed by atoms with Crippen LogP contribution in [0.4, 0.5) is 0 Å². The van der Waals surface area contributed by atoms with Crippen molar-refractivity contribution in [2.24, 2.45) is 0 Å². The molecule has 0 atom stereocenters. The topological polar surface area (TPSA) is 138 Å². The fourth-order valence-electron chi connectivity index (χ4n) is 5.45. The van der Waals surface area contributed by atoms with Crippen molar-refractivity contribution in [1.29, 1.82) is 0 Å². The van der Waals surface area contributed by atoms with Gasteiger partial charge >= 0.3 is 0 Å². The fourth-order valence-corrected chi connectivity index (χ4v) is 8.10. The molecule has 0 saturated heterocycles. The summed E-state index contributed by atoms with van der Waals surface area (Å²) >= 11 is 1.27. The Bertz CT molecular complexity index is 2310. The van der Waals surface area contributed by atoms with Gasteiger partial charge in [-0.25, -0.2) is 17.4 Å². The zero-order chi connectivity index (χ0) is 35.4. The monoisotopic (exact) mass is 718 g/mol. The molecule has 6 rings (SSSR count). The van der Waals surface area contributed by atoms with E-state index in [-0.39, 0.29) is 39.7 Å². The van der Waals surface area contributed by atoms with E-state index in [1.807, 2.05) is 6.07 Å². The summed E-state index contributed by atoms with van der Waals surface area (Å²) < 4.78 is 68.8. The number of ether oxygens (including phenoxy) is 6. The molecule has 4 aromatic carbocycles. The maximum absolute atomic E-state index is 14.1. The molecule has 0 aliphatic heterocycles. The second-order valence-electron chi connectivity index (χ2n) is 10.7. The van der Waals surface area contributed by atoms with E-state index in [1.165, 1.54) is 51.3 Å². The first-order chi connectivity index (χ1) is 24.2. The van der Waals surface area contributed by atoms with Gasteiger partial charge in [-0.1, -0.05) is 42.1 Å². The minimum atomic E-state index is -3.93. The SMILES string of the molecule is COc1cc(OC)c2c(=O)c(OCCCSc3nc4ccccc4n3S(=O)(=O)c3ccccc3)c(-c3cc(OC)c(OC)c(OC)c3)oc2c1. The minimum Gasteiger partial charge on any atom is -0.496 e. The van der Waals surface area contributed by atoms with Crippen molar-refractivity contribution in [3.63, 3.8) is 0 Å². The van der Waals surface area contributed by atoms with E-state index >= 15 is 0 Å². The quantitative estimate of drug-likeness (QED) is 0.0881. The van der Waals surface area contributed by atoms with E-state index in [2.05, 4.69) is 4.98 Å². The van der Waals surface area contributed by atoms with Crippen molar-refractivity contribution in [1.82, 2.24) is 8.96 Å². The van der Waals surface area contributed by atoms with Crippen LogP contribution in [0.3, 0.4) is 0 Å². The molecular weight excluding hydrogens is 685 g/mol. The highest BCUT2D eigenvalue weighted by Crippen LogP contribution is 2.44. The van der Waals surface area contributed by atoms with Crippen molar-refractivity contribution in [2.75, 3.05) is 47.9 Å². The van der Waals surface area contributed by atoms with E-state index in [1.54, 1.807) is 72.8 Å². The predicted octanol–water partition coefficient (Wildman–Crippen LogP) is 6.65. The van der Waals surface area contributed by atoms with Crippen molar-refractivity contribution in [2.45, 2.75) is 16.5 Å². The number of rotatable bonds is 14. The Balaban J connectivity index is 1.33. The van der Waals surface area contributed by atoms with Gasteiger partial charge in [0.2, 0.25) is 16.9 Å². The van der Waals surface area contributed by atoms with Crippen LogP contribution in [0.15, 0.2) is 98.1 Å². The molecule has 0 unspecified atom stereocenters. The first kappa shape index (κ1) is 34.5. The lowest BCUT2D eigenvalue weighted by molar-refractivity contribution is 0.309. The van der Waals surface area contributed by atoms with Crippen molar-refractivity contribution < 1.29 is 41.3 Å². The van der Waals surface area contributed by atoms with Crippen LogP contribution in [0.25, 0.3) is 33.3 Å². The Kier molecular flexibility index (Phi) is 10.1. The van der Waals surface area contributed by atoms with Crippen LogP contribution in [-0.2, 0) is 10.0 Å². The molecule has 0 saturated carbocycles. The number of aromatic nitrogens is 2. The molecule has 0 aliphatic carbocycles. The fraction of sp³-hybridized carbons (Fsp3) is 0.222. The average molecular weight is 719 g/mol. The number of thioether (sulfide) groups is 1. The van der Waals surface area contributed by atoms with Gasteiger partial charge in [0, 0.05) is 23.4 Å². The number of fused-ring (bicyclic) bond motifs is 2. The summed E-state index contributed by atoms with van der Waals surface area (Å²) in [5.41, 5.74) is 1.23. The van der Waals surface area contributed by atoms with Gasteiger partial charge in [0.15, 0.2) is 22.4 Å². The lowest BCUT2D eigenvalue weighted by Gasteiger charge is -2.17. The van der Waals surface area contributed by atoms with Gasteiger partial charge < -0.3 is 32.8 Å². The Labute approximate surface area is 292 Å². The van der Waals surface area contributed by atoms with Gasteiger partial charge in [0.05, 0.1) is 58.1 Å². The summed E-state index contributed by atoms with van der Waals surface area (Å²) in [5.74, 6) is 2.24. The molecule has 0 aliphatic rings. The molecule has 0 bridgehead atoms. The van der Waals surface area contributed by atoms with Crippen LogP contribution in [0.2, 0.25) is 0 Å². The smallest absolute Gasteiger partial charge is 0.270 e. The normalized spacial score (nSPS) is 11.5. The number of methoxy groups -OCH3 is 5. The van der Waals surface area contributed by atoms with Gasteiger partial charge in [-0.3, -0.25) is 4.79 Å². The molecule has 0 amide bonds. The van der Waals surface area contributed by atoms with E-state index in [0.717, 1.165) is 0 Å². The Morgan fingerprint density at radius 3 is 2.12 bits per heavy atom. The lowest BCUT2D eigenvalue weighted by atomic mass is 10.1. The molecule has 50 heavy (non-hydrogen) atoms. The predicted molar refractivity (Wildman–Crippen MR) is 190 cm³/mol. The van der Waals surface area contributed by atoms with Crippen molar-refractivity contribution >= 4 is 43.8 Å². The average Bonchev–Trinajstić information content (AvgIpc) is 3.53. The van der Waals surface area contributed by atoms with Gasteiger partial charge in [-0.05, 0) is 42.8 Å². The second-order valence-corrected chi connectivity index (χ2v) is 13.6. The van der Waals surface area contributed by atoms with Crippen molar-refractivity contribution in [3.05, 3.63) is 89.1 Å². The van der Waals surface area contributed by atoms with Crippen LogP contribution in [0.5, 0.6) is 34.5 Å². The molecule has 0 radical (unpaired) electrons. The Hall–Kier alpha value is -5.34. The molecule has 6 aromatic rings. The van der Waals surface area contributed by atoms with E-state index in [0.29, 0.717) is 56.9 Å².